The summed E-state index contributed by atoms with van der Waals surface area (Å²) in [5, 5.41) is 7.04. The first kappa shape index (κ1) is 15.1. The minimum absolute atomic E-state index is 0.0413. The maximum Gasteiger partial charge on any atom is 0.224 e. The van der Waals surface area contributed by atoms with Crippen LogP contribution >= 0.6 is 0 Å². The average Bonchev–Trinajstić information content (AvgIpc) is 2.99. The van der Waals surface area contributed by atoms with Crippen molar-refractivity contribution in [2.75, 3.05) is 13.2 Å². The van der Waals surface area contributed by atoms with Gasteiger partial charge >= 0.3 is 0 Å². The Morgan fingerprint density at radius 2 is 2.14 bits per heavy atom. The number of amides is 1. The van der Waals surface area contributed by atoms with E-state index in [1.165, 1.54) is 0 Å². The van der Waals surface area contributed by atoms with E-state index >= 15 is 0 Å². The smallest absolute Gasteiger partial charge is 0.224 e. The predicted octanol–water partition coefficient (Wildman–Crippen LogP) is 2.03. The van der Waals surface area contributed by atoms with Crippen LogP contribution in [-0.2, 0) is 17.8 Å². The molecule has 5 heteroatoms. The Balaban J connectivity index is 1.66. The Morgan fingerprint density at radius 3 is 2.81 bits per heavy atom. The number of rotatable bonds is 8. The fourth-order valence-corrected chi connectivity index (χ4v) is 2.02. The van der Waals surface area contributed by atoms with Crippen molar-refractivity contribution in [2.45, 2.75) is 26.3 Å². The highest BCUT2D eigenvalue weighted by molar-refractivity contribution is 5.78. The lowest BCUT2D eigenvalue weighted by atomic mass is 10.1. The van der Waals surface area contributed by atoms with Crippen LogP contribution in [-0.4, -0.2) is 28.8 Å². The first-order chi connectivity index (χ1) is 10.3. The van der Waals surface area contributed by atoms with Crippen LogP contribution in [0, 0.1) is 0 Å². The molecule has 1 amide bonds. The highest BCUT2D eigenvalue weighted by Crippen LogP contribution is 2.12. The third kappa shape index (κ3) is 5.30. The van der Waals surface area contributed by atoms with Gasteiger partial charge in [0.25, 0.3) is 0 Å². The summed E-state index contributed by atoms with van der Waals surface area (Å²) in [6.45, 7) is 4.08. The summed E-state index contributed by atoms with van der Waals surface area (Å²) < 4.78 is 7.23. The third-order valence-corrected chi connectivity index (χ3v) is 3.04. The highest BCUT2D eigenvalue weighted by atomic mass is 16.5. The van der Waals surface area contributed by atoms with E-state index in [0.29, 0.717) is 19.6 Å². The van der Waals surface area contributed by atoms with Crippen molar-refractivity contribution >= 4 is 5.91 Å². The van der Waals surface area contributed by atoms with Gasteiger partial charge in [-0.2, -0.15) is 5.10 Å². The van der Waals surface area contributed by atoms with E-state index < -0.39 is 0 Å². The summed E-state index contributed by atoms with van der Waals surface area (Å²) in [5.41, 5.74) is 0.989. The number of nitrogens with one attached hydrogen (secondary N) is 1. The molecule has 0 atom stereocenters. The van der Waals surface area contributed by atoms with Crippen LogP contribution in [0.1, 0.15) is 18.9 Å². The maximum atomic E-state index is 11.8. The van der Waals surface area contributed by atoms with E-state index in [4.69, 9.17) is 4.74 Å². The normalized spacial score (nSPS) is 10.3. The van der Waals surface area contributed by atoms with Gasteiger partial charge in [-0.25, -0.2) is 0 Å². The molecule has 0 saturated carbocycles. The Labute approximate surface area is 124 Å². The van der Waals surface area contributed by atoms with Gasteiger partial charge in [-0.05, 0) is 37.1 Å². The molecule has 1 N–H and O–H groups in total. The summed E-state index contributed by atoms with van der Waals surface area (Å²) in [5.74, 6) is 0.875. The SMILES string of the molecule is CCOc1ccc(CC(=O)NCCCn2cccn2)cc1. The molecule has 0 aliphatic rings. The van der Waals surface area contributed by atoms with E-state index in [9.17, 15) is 4.79 Å². The number of carbonyl (C=O) groups excluding carboxylic acids is 1. The van der Waals surface area contributed by atoms with Gasteiger partial charge in [0.05, 0.1) is 13.0 Å². The van der Waals surface area contributed by atoms with Gasteiger partial charge in [0, 0.05) is 25.5 Å². The lowest BCUT2D eigenvalue weighted by Crippen LogP contribution is -2.26. The van der Waals surface area contributed by atoms with E-state index in [-0.39, 0.29) is 5.91 Å². The molecule has 1 aromatic carbocycles. The second-order valence-electron chi connectivity index (χ2n) is 4.73. The third-order valence-electron chi connectivity index (χ3n) is 3.04. The van der Waals surface area contributed by atoms with Crippen LogP contribution in [0.4, 0.5) is 0 Å². The van der Waals surface area contributed by atoms with Gasteiger partial charge in [-0.15, -0.1) is 0 Å². The zero-order valence-electron chi connectivity index (χ0n) is 12.3. The molecule has 0 radical (unpaired) electrons. The second-order valence-corrected chi connectivity index (χ2v) is 4.73. The van der Waals surface area contributed by atoms with Crippen molar-refractivity contribution in [3.05, 3.63) is 48.3 Å². The summed E-state index contributed by atoms with van der Waals surface area (Å²) in [7, 11) is 0. The Hall–Kier alpha value is -2.30. The summed E-state index contributed by atoms with van der Waals surface area (Å²) >= 11 is 0. The van der Waals surface area contributed by atoms with E-state index in [2.05, 4.69) is 10.4 Å². The molecule has 0 bridgehead atoms. The standard InChI is InChI=1S/C16H21N3O2/c1-2-21-15-7-5-14(6-8-15)13-16(20)17-9-3-11-19-12-4-10-18-19/h4-8,10,12H,2-3,9,11,13H2,1H3,(H,17,20). The van der Waals surface area contributed by atoms with Crippen LogP contribution < -0.4 is 10.1 Å². The molecule has 0 aliphatic carbocycles. The molecule has 5 nitrogen and oxygen atoms in total. The van der Waals surface area contributed by atoms with Crippen LogP contribution in [0.5, 0.6) is 5.75 Å². The number of nitrogens with zero attached hydrogens (tertiary/aromatic N) is 2. The fraction of sp³-hybridized carbons (Fsp3) is 0.375. The van der Waals surface area contributed by atoms with Crippen molar-refractivity contribution in [1.82, 2.24) is 15.1 Å². The van der Waals surface area contributed by atoms with Crippen molar-refractivity contribution < 1.29 is 9.53 Å². The summed E-state index contributed by atoms with van der Waals surface area (Å²) in [6, 6.07) is 9.53. The van der Waals surface area contributed by atoms with E-state index in [0.717, 1.165) is 24.3 Å². The molecule has 1 heterocycles. The Morgan fingerprint density at radius 1 is 1.33 bits per heavy atom. The molecule has 21 heavy (non-hydrogen) atoms. The molecular weight excluding hydrogens is 266 g/mol. The number of aryl methyl sites for hydroxylation is 1. The Bertz CT molecular complexity index is 535. The molecule has 2 aromatic rings. The molecule has 0 aliphatic heterocycles. The van der Waals surface area contributed by atoms with E-state index in [1.54, 1.807) is 6.20 Å². The van der Waals surface area contributed by atoms with Gasteiger partial charge < -0.3 is 10.1 Å². The number of hydrogen-bond donors (Lipinski definition) is 1. The first-order valence-corrected chi connectivity index (χ1v) is 7.24. The molecule has 2 rings (SSSR count). The number of ether oxygens (including phenoxy) is 1. The summed E-state index contributed by atoms with van der Waals surface area (Å²) in [4.78, 5) is 11.8. The average molecular weight is 287 g/mol. The number of hydrogen-bond acceptors (Lipinski definition) is 3. The predicted molar refractivity (Wildman–Crippen MR) is 81.2 cm³/mol. The van der Waals surface area contributed by atoms with Crippen molar-refractivity contribution in [1.29, 1.82) is 0 Å². The van der Waals surface area contributed by atoms with Crippen LogP contribution in [0.15, 0.2) is 42.7 Å². The molecule has 1 aromatic heterocycles. The molecular formula is C16H21N3O2. The zero-order chi connectivity index (χ0) is 14.9. The lowest BCUT2D eigenvalue weighted by Gasteiger charge is -2.07. The summed E-state index contributed by atoms with van der Waals surface area (Å²) in [6.07, 6.45) is 4.94. The molecule has 0 saturated heterocycles. The second kappa shape index (κ2) is 8.09. The molecule has 112 valence electrons. The minimum atomic E-state index is 0.0413. The van der Waals surface area contributed by atoms with E-state index in [1.807, 2.05) is 48.1 Å². The van der Waals surface area contributed by atoms with Gasteiger partial charge in [0.15, 0.2) is 0 Å². The molecule has 0 unspecified atom stereocenters. The van der Waals surface area contributed by atoms with Gasteiger partial charge in [-0.1, -0.05) is 12.1 Å². The van der Waals surface area contributed by atoms with Gasteiger partial charge in [0.2, 0.25) is 5.91 Å². The topological polar surface area (TPSA) is 56.1 Å². The fourth-order valence-electron chi connectivity index (χ4n) is 2.02. The van der Waals surface area contributed by atoms with Crippen molar-refractivity contribution in [3.63, 3.8) is 0 Å². The highest BCUT2D eigenvalue weighted by Gasteiger charge is 2.03. The quantitative estimate of drug-likeness (QED) is 0.756. The zero-order valence-corrected chi connectivity index (χ0v) is 12.3. The van der Waals surface area contributed by atoms with Crippen LogP contribution in [0.25, 0.3) is 0 Å². The monoisotopic (exact) mass is 287 g/mol. The number of benzene rings is 1. The first-order valence-electron chi connectivity index (χ1n) is 7.24. The minimum Gasteiger partial charge on any atom is -0.494 e. The number of aromatic nitrogens is 2. The Kier molecular flexibility index (Phi) is 5.82. The van der Waals surface area contributed by atoms with Gasteiger partial charge in [-0.3, -0.25) is 9.48 Å². The molecule has 0 fully saturated rings. The molecule has 0 spiro atoms. The maximum absolute atomic E-state index is 11.8. The van der Waals surface area contributed by atoms with Crippen LogP contribution in [0.2, 0.25) is 0 Å². The van der Waals surface area contributed by atoms with Crippen molar-refractivity contribution in [3.8, 4) is 5.75 Å². The van der Waals surface area contributed by atoms with Crippen LogP contribution in [0.3, 0.4) is 0 Å². The largest absolute Gasteiger partial charge is 0.494 e. The lowest BCUT2D eigenvalue weighted by molar-refractivity contribution is -0.120. The number of carbonyl (C=O) groups is 1. The van der Waals surface area contributed by atoms with Crippen molar-refractivity contribution in [2.24, 2.45) is 0 Å². The van der Waals surface area contributed by atoms with Gasteiger partial charge in [0.1, 0.15) is 5.75 Å².